The van der Waals surface area contributed by atoms with Crippen LogP contribution in [0.1, 0.15) is 59.3 Å². The maximum Gasteiger partial charge on any atom is 0.225 e. The molecule has 0 radical (unpaired) electrons. The molecule has 1 amide bonds. The molecule has 0 aromatic carbocycles. The quantitative estimate of drug-likeness (QED) is 0.740. The van der Waals surface area contributed by atoms with E-state index in [1.165, 1.54) is 0 Å². The van der Waals surface area contributed by atoms with Gasteiger partial charge in [-0.1, -0.05) is 13.8 Å². The van der Waals surface area contributed by atoms with Crippen LogP contribution in [0.3, 0.4) is 0 Å². The predicted molar refractivity (Wildman–Crippen MR) is 68.7 cm³/mol. The van der Waals surface area contributed by atoms with Gasteiger partial charge in [-0.25, -0.2) is 0 Å². The lowest BCUT2D eigenvalue weighted by Crippen LogP contribution is -2.47. The number of carbonyl (C=O) groups excluding carboxylic acids is 2. The molecule has 1 aliphatic rings. The number of piperidine rings is 1. The molecule has 0 aliphatic carbocycles. The van der Waals surface area contributed by atoms with Crippen molar-refractivity contribution < 1.29 is 9.59 Å². The summed E-state index contributed by atoms with van der Waals surface area (Å²) in [7, 11) is 0. The third kappa shape index (κ3) is 3.83. The van der Waals surface area contributed by atoms with E-state index in [0.29, 0.717) is 6.42 Å². The van der Waals surface area contributed by atoms with E-state index in [4.69, 9.17) is 0 Å². The topological polar surface area (TPSA) is 37.4 Å². The van der Waals surface area contributed by atoms with E-state index in [9.17, 15) is 9.59 Å². The molecule has 3 nitrogen and oxygen atoms in total. The summed E-state index contributed by atoms with van der Waals surface area (Å²) in [6.07, 6.45) is 5.56. The lowest BCUT2D eigenvalue weighted by atomic mass is 9.94. The summed E-state index contributed by atoms with van der Waals surface area (Å²) in [6.45, 7) is 6.59. The number of hydrogen-bond acceptors (Lipinski definition) is 2. The Balaban J connectivity index is 2.69. The highest BCUT2D eigenvalue weighted by atomic mass is 16.2. The fraction of sp³-hybridized carbons (Fsp3) is 0.857. The zero-order chi connectivity index (χ0) is 12.8. The minimum Gasteiger partial charge on any atom is -0.339 e. The molecule has 1 heterocycles. The van der Waals surface area contributed by atoms with E-state index in [1.807, 2.05) is 4.90 Å². The fourth-order valence-corrected chi connectivity index (χ4v) is 2.71. The first-order chi connectivity index (χ1) is 8.10. The van der Waals surface area contributed by atoms with E-state index in [0.717, 1.165) is 38.6 Å². The van der Waals surface area contributed by atoms with Crippen molar-refractivity contribution in [2.75, 3.05) is 6.54 Å². The minimum atomic E-state index is 0.141. The fourth-order valence-electron chi connectivity index (χ4n) is 2.71. The lowest BCUT2D eigenvalue weighted by Gasteiger charge is -2.37. The molecule has 17 heavy (non-hydrogen) atoms. The molecule has 1 unspecified atom stereocenters. The summed E-state index contributed by atoms with van der Waals surface area (Å²) in [5.74, 6) is 0.600. The number of ketones is 1. The van der Waals surface area contributed by atoms with Crippen LogP contribution in [0.5, 0.6) is 0 Å². The largest absolute Gasteiger partial charge is 0.339 e. The number of likely N-dealkylation sites (tertiary alicyclic amines) is 1. The Bertz CT molecular complexity index is 271. The molecule has 0 N–H and O–H groups in total. The second-order valence-corrected chi connectivity index (χ2v) is 5.10. The first kappa shape index (κ1) is 14.2. The molecule has 0 aromatic rings. The summed E-state index contributed by atoms with van der Waals surface area (Å²) < 4.78 is 0. The van der Waals surface area contributed by atoms with Gasteiger partial charge in [0.25, 0.3) is 0 Å². The SMILES string of the molecule is CCC(CC)C(=O)N1CCCCC1CC(C)=O. The summed E-state index contributed by atoms with van der Waals surface area (Å²) >= 11 is 0. The van der Waals surface area contributed by atoms with Crippen LogP contribution >= 0.6 is 0 Å². The molecule has 1 saturated heterocycles. The Labute approximate surface area is 105 Å². The Kier molecular flexibility index (Phi) is 5.66. The molecule has 0 spiro atoms. The second kappa shape index (κ2) is 6.77. The molecule has 0 saturated carbocycles. The number of rotatable bonds is 5. The molecule has 1 rings (SSSR count). The van der Waals surface area contributed by atoms with Gasteiger partial charge in [0.1, 0.15) is 5.78 Å². The summed E-state index contributed by atoms with van der Waals surface area (Å²) in [6, 6.07) is 0.161. The summed E-state index contributed by atoms with van der Waals surface area (Å²) in [5.41, 5.74) is 0. The van der Waals surface area contributed by atoms with Crippen LogP contribution in [-0.4, -0.2) is 29.2 Å². The molecule has 1 fully saturated rings. The van der Waals surface area contributed by atoms with Gasteiger partial charge in [-0.3, -0.25) is 9.59 Å². The number of amides is 1. The summed E-state index contributed by atoms with van der Waals surface area (Å²) in [5, 5.41) is 0. The average molecular weight is 239 g/mol. The van der Waals surface area contributed by atoms with Gasteiger partial charge in [0.15, 0.2) is 0 Å². The highest BCUT2D eigenvalue weighted by Crippen LogP contribution is 2.23. The molecule has 0 bridgehead atoms. The first-order valence-corrected chi connectivity index (χ1v) is 6.90. The maximum atomic E-state index is 12.4. The molecular formula is C14H25NO2. The predicted octanol–water partition coefficient (Wildman–Crippen LogP) is 2.78. The zero-order valence-corrected chi connectivity index (χ0v) is 11.4. The Morgan fingerprint density at radius 2 is 1.88 bits per heavy atom. The average Bonchev–Trinajstić information content (AvgIpc) is 2.30. The van der Waals surface area contributed by atoms with E-state index >= 15 is 0 Å². The molecule has 3 heteroatoms. The van der Waals surface area contributed by atoms with E-state index < -0.39 is 0 Å². The molecule has 1 aliphatic heterocycles. The van der Waals surface area contributed by atoms with Crippen molar-refractivity contribution in [1.82, 2.24) is 4.90 Å². The number of carbonyl (C=O) groups is 2. The second-order valence-electron chi connectivity index (χ2n) is 5.10. The third-order valence-electron chi connectivity index (χ3n) is 3.77. The number of nitrogens with zero attached hydrogens (tertiary/aromatic N) is 1. The van der Waals surface area contributed by atoms with E-state index in [-0.39, 0.29) is 23.7 Å². The maximum absolute atomic E-state index is 12.4. The van der Waals surface area contributed by atoms with Crippen molar-refractivity contribution in [2.24, 2.45) is 5.92 Å². The van der Waals surface area contributed by atoms with Gasteiger partial charge in [0.05, 0.1) is 0 Å². The highest BCUT2D eigenvalue weighted by molar-refractivity contribution is 5.81. The van der Waals surface area contributed by atoms with Crippen LogP contribution in [0.25, 0.3) is 0 Å². The number of hydrogen-bond donors (Lipinski definition) is 0. The van der Waals surface area contributed by atoms with Crippen molar-refractivity contribution in [3.8, 4) is 0 Å². The van der Waals surface area contributed by atoms with Crippen molar-refractivity contribution in [1.29, 1.82) is 0 Å². The van der Waals surface area contributed by atoms with Crippen molar-refractivity contribution in [2.45, 2.75) is 65.3 Å². The van der Waals surface area contributed by atoms with Gasteiger partial charge in [0.2, 0.25) is 5.91 Å². The smallest absolute Gasteiger partial charge is 0.225 e. The van der Waals surface area contributed by atoms with Crippen LogP contribution in [0.4, 0.5) is 0 Å². The van der Waals surface area contributed by atoms with Gasteiger partial charge in [-0.05, 0) is 39.0 Å². The summed E-state index contributed by atoms with van der Waals surface area (Å²) in [4.78, 5) is 25.6. The first-order valence-electron chi connectivity index (χ1n) is 6.90. The van der Waals surface area contributed by atoms with Crippen LogP contribution in [-0.2, 0) is 9.59 Å². The van der Waals surface area contributed by atoms with Crippen molar-refractivity contribution >= 4 is 11.7 Å². The molecule has 1 atom stereocenters. The van der Waals surface area contributed by atoms with Gasteiger partial charge in [0, 0.05) is 24.9 Å². The molecule has 98 valence electrons. The van der Waals surface area contributed by atoms with Gasteiger partial charge in [-0.2, -0.15) is 0 Å². The third-order valence-corrected chi connectivity index (χ3v) is 3.77. The van der Waals surface area contributed by atoms with Crippen LogP contribution in [0.2, 0.25) is 0 Å². The normalized spacial score (nSPS) is 20.7. The van der Waals surface area contributed by atoms with Crippen molar-refractivity contribution in [3.05, 3.63) is 0 Å². The standard InChI is InChI=1S/C14H25NO2/c1-4-12(5-2)14(17)15-9-7-6-8-13(15)10-11(3)16/h12-13H,4-10H2,1-3H3. The lowest BCUT2D eigenvalue weighted by molar-refractivity contribution is -0.140. The zero-order valence-electron chi connectivity index (χ0n) is 11.4. The minimum absolute atomic E-state index is 0.141. The molecule has 0 aromatic heterocycles. The van der Waals surface area contributed by atoms with Gasteiger partial charge < -0.3 is 4.90 Å². The Hall–Kier alpha value is -0.860. The van der Waals surface area contributed by atoms with Crippen LogP contribution in [0.15, 0.2) is 0 Å². The molecular weight excluding hydrogens is 214 g/mol. The van der Waals surface area contributed by atoms with Crippen molar-refractivity contribution in [3.63, 3.8) is 0 Å². The highest BCUT2D eigenvalue weighted by Gasteiger charge is 2.30. The monoisotopic (exact) mass is 239 g/mol. The Morgan fingerprint density at radius 1 is 1.24 bits per heavy atom. The van der Waals surface area contributed by atoms with Crippen LogP contribution < -0.4 is 0 Å². The van der Waals surface area contributed by atoms with Gasteiger partial charge in [-0.15, -0.1) is 0 Å². The van der Waals surface area contributed by atoms with Crippen LogP contribution in [0, 0.1) is 5.92 Å². The van der Waals surface area contributed by atoms with E-state index in [1.54, 1.807) is 6.92 Å². The van der Waals surface area contributed by atoms with E-state index in [2.05, 4.69) is 13.8 Å². The van der Waals surface area contributed by atoms with Gasteiger partial charge >= 0.3 is 0 Å². The number of Topliss-reactive ketones (excluding diaryl/α,β-unsaturated/α-hetero) is 1. The Morgan fingerprint density at radius 3 is 2.41 bits per heavy atom.